The molecule has 4 atom stereocenters. The van der Waals surface area contributed by atoms with Crippen molar-refractivity contribution in [1.82, 2.24) is 0 Å². The van der Waals surface area contributed by atoms with Gasteiger partial charge in [-0.25, -0.2) is 0 Å². The molecule has 30 heavy (non-hydrogen) atoms. The number of hydrogen-bond donors (Lipinski definition) is 1. The minimum atomic E-state index is -1.41. The number of carbonyl (C=O) groups is 1. The highest BCUT2D eigenvalue weighted by Crippen LogP contribution is 2.36. The van der Waals surface area contributed by atoms with Gasteiger partial charge < -0.3 is 9.84 Å². The molecule has 1 N–H and O–H groups in total. The van der Waals surface area contributed by atoms with E-state index in [9.17, 15) is 9.90 Å². The summed E-state index contributed by atoms with van der Waals surface area (Å²) in [7, 11) is 0. The van der Waals surface area contributed by atoms with Gasteiger partial charge in [0.25, 0.3) is 0 Å². The summed E-state index contributed by atoms with van der Waals surface area (Å²) >= 11 is 0. The lowest BCUT2D eigenvalue weighted by Gasteiger charge is -2.37. The first-order chi connectivity index (χ1) is 14.4. The number of rotatable bonds is 7. The van der Waals surface area contributed by atoms with Crippen molar-refractivity contribution in [2.75, 3.05) is 0 Å². The number of esters is 1. The monoisotopic (exact) mass is 406 g/mol. The molecule has 160 valence electrons. The third kappa shape index (κ3) is 5.82. The summed E-state index contributed by atoms with van der Waals surface area (Å²) in [5.74, 6) is 1.07. The summed E-state index contributed by atoms with van der Waals surface area (Å²) in [6.45, 7) is 6.62. The van der Waals surface area contributed by atoms with Crippen molar-refractivity contribution in [3.63, 3.8) is 0 Å². The van der Waals surface area contributed by atoms with Crippen LogP contribution < -0.4 is 0 Å². The van der Waals surface area contributed by atoms with Crippen LogP contribution in [0.5, 0.6) is 0 Å². The van der Waals surface area contributed by atoms with Gasteiger partial charge in [0, 0.05) is 0 Å². The maximum Gasteiger partial charge on any atom is 0.309 e. The largest absolute Gasteiger partial charge is 0.462 e. The van der Waals surface area contributed by atoms with Crippen LogP contribution in [0.25, 0.3) is 6.08 Å². The Hall–Kier alpha value is -2.39. The fourth-order valence-corrected chi connectivity index (χ4v) is 4.46. The van der Waals surface area contributed by atoms with Crippen LogP contribution in [0.1, 0.15) is 57.6 Å². The van der Waals surface area contributed by atoms with Crippen molar-refractivity contribution in [2.45, 2.75) is 58.2 Å². The predicted molar refractivity (Wildman–Crippen MR) is 122 cm³/mol. The zero-order valence-corrected chi connectivity index (χ0v) is 18.3. The van der Waals surface area contributed by atoms with Crippen molar-refractivity contribution in [3.05, 3.63) is 77.9 Å². The van der Waals surface area contributed by atoms with Crippen LogP contribution >= 0.6 is 0 Å². The second-order valence-corrected chi connectivity index (χ2v) is 9.07. The van der Waals surface area contributed by atoms with E-state index in [1.54, 1.807) is 6.08 Å². The van der Waals surface area contributed by atoms with E-state index in [1.165, 1.54) is 6.42 Å². The third-order valence-corrected chi connectivity index (χ3v) is 6.28. The number of ether oxygens (including phenoxy) is 1. The first kappa shape index (κ1) is 22.3. The molecule has 1 aliphatic rings. The zero-order valence-electron chi connectivity index (χ0n) is 18.3. The predicted octanol–water partition coefficient (Wildman–Crippen LogP) is 5.98. The van der Waals surface area contributed by atoms with Gasteiger partial charge in [-0.2, -0.15) is 0 Å². The Morgan fingerprint density at radius 2 is 1.73 bits per heavy atom. The molecule has 0 heterocycles. The highest BCUT2D eigenvalue weighted by atomic mass is 16.5. The van der Waals surface area contributed by atoms with Crippen LogP contribution in [-0.4, -0.2) is 17.2 Å². The van der Waals surface area contributed by atoms with Gasteiger partial charge >= 0.3 is 5.97 Å². The SMILES string of the molecule is CC1CCC(C(C)C)C(OC(=O)CC(O)(C=Cc2ccccc2)c2ccccc2)C1. The Balaban J connectivity index is 1.78. The summed E-state index contributed by atoms with van der Waals surface area (Å²) < 4.78 is 5.97. The van der Waals surface area contributed by atoms with Crippen LogP contribution in [-0.2, 0) is 15.1 Å². The molecule has 0 aliphatic heterocycles. The van der Waals surface area contributed by atoms with Crippen LogP contribution in [0.4, 0.5) is 0 Å². The Morgan fingerprint density at radius 1 is 1.10 bits per heavy atom. The van der Waals surface area contributed by atoms with Gasteiger partial charge in [0.1, 0.15) is 11.7 Å². The first-order valence-corrected chi connectivity index (χ1v) is 11.1. The fourth-order valence-electron chi connectivity index (χ4n) is 4.46. The van der Waals surface area contributed by atoms with E-state index in [-0.39, 0.29) is 18.5 Å². The molecule has 0 amide bonds. The molecule has 4 unspecified atom stereocenters. The molecule has 0 aromatic heterocycles. The molecule has 0 saturated heterocycles. The van der Waals surface area contributed by atoms with Gasteiger partial charge in [-0.05, 0) is 47.8 Å². The second kappa shape index (κ2) is 10.1. The molecule has 2 aromatic rings. The average Bonchev–Trinajstić information content (AvgIpc) is 2.73. The maximum atomic E-state index is 13.0. The smallest absolute Gasteiger partial charge is 0.309 e. The molecule has 3 nitrogen and oxygen atoms in total. The molecule has 3 rings (SSSR count). The van der Waals surface area contributed by atoms with Crippen molar-refractivity contribution >= 4 is 12.0 Å². The standard InChI is InChI=1S/C27H34O3/c1-20(2)24-15-14-21(3)18-25(24)30-26(28)19-27(29,23-12-8-5-9-13-23)17-16-22-10-6-4-7-11-22/h4-13,16-17,20-21,24-25,29H,14-15,18-19H2,1-3H3. The van der Waals surface area contributed by atoms with Gasteiger partial charge in [0.15, 0.2) is 0 Å². The topological polar surface area (TPSA) is 46.5 Å². The lowest BCUT2D eigenvalue weighted by molar-refractivity contribution is -0.160. The van der Waals surface area contributed by atoms with E-state index in [2.05, 4.69) is 20.8 Å². The summed E-state index contributed by atoms with van der Waals surface area (Å²) in [5, 5.41) is 11.5. The van der Waals surface area contributed by atoms with E-state index < -0.39 is 5.60 Å². The molecular weight excluding hydrogens is 372 g/mol. The van der Waals surface area contributed by atoms with E-state index in [0.29, 0.717) is 23.3 Å². The lowest BCUT2D eigenvalue weighted by atomic mass is 9.75. The minimum Gasteiger partial charge on any atom is -0.462 e. The normalized spacial score (nSPS) is 24.0. The molecule has 2 aromatic carbocycles. The van der Waals surface area contributed by atoms with Gasteiger partial charge in [0.05, 0.1) is 6.42 Å². The molecule has 0 radical (unpaired) electrons. The number of benzene rings is 2. The molecular formula is C27H34O3. The van der Waals surface area contributed by atoms with E-state index >= 15 is 0 Å². The number of aliphatic hydroxyl groups is 1. The summed E-state index contributed by atoms with van der Waals surface area (Å²) in [5.41, 5.74) is 0.245. The fraction of sp³-hybridized carbons (Fsp3) is 0.444. The Bertz CT molecular complexity index is 828. The maximum absolute atomic E-state index is 13.0. The average molecular weight is 407 g/mol. The van der Waals surface area contributed by atoms with Crippen molar-refractivity contribution in [3.8, 4) is 0 Å². The summed E-state index contributed by atoms with van der Waals surface area (Å²) in [6, 6.07) is 19.1. The van der Waals surface area contributed by atoms with Crippen LogP contribution in [0.3, 0.4) is 0 Å². The second-order valence-electron chi connectivity index (χ2n) is 9.07. The van der Waals surface area contributed by atoms with Crippen molar-refractivity contribution in [2.24, 2.45) is 17.8 Å². The summed E-state index contributed by atoms with van der Waals surface area (Å²) in [6.07, 6.45) is 6.58. The zero-order chi connectivity index (χ0) is 21.6. The molecule has 1 aliphatic carbocycles. The van der Waals surface area contributed by atoms with Crippen LogP contribution in [0.2, 0.25) is 0 Å². The molecule has 1 fully saturated rings. The molecule has 1 saturated carbocycles. The lowest BCUT2D eigenvalue weighted by Crippen LogP contribution is -2.37. The highest BCUT2D eigenvalue weighted by molar-refractivity contribution is 5.72. The molecule has 0 spiro atoms. The van der Waals surface area contributed by atoms with Gasteiger partial charge in [-0.15, -0.1) is 0 Å². The van der Waals surface area contributed by atoms with E-state index in [1.807, 2.05) is 66.7 Å². The Labute approximate surface area is 180 Å². The van der Waals surface area contributed by atoms with Crippen LogP contribution in [0.15, 0.2) is 66.7 Å². The van der Waals surface area contributed by atoms with Gasteiger partial charge in [-0.1, -0.05) is 93.9 Å². The Morgan fingerprint density at radius 3 is 2.37 bits per heavy atom. The summed E-state index contributed by atoms with van der Waals surface area (Å²) in [4.78, 5) is 13.0. The molecule has 0 bridgehead atoms. The molecule has 3 heteroatoms. The van der Waals surface area contributed by atoms with E-state index in [0.717, 1.165) is 18.4 Å². The van der Waals surface area contributed by atoms with Crippen molar-refractivity contribution in [1.29, 1.82) is 0 Å². The highest BCUT2D eigenvalue weighted by Gasteiger charge is 2.36. The van der Waals surface area contributed by atoms with E-state index in [4.69, 9.17) is 4.74 Å². The van der Waals surface area contributed by atoms with Crippen LogP contribution in [0, 0.1) is 17.8 Å². The van der Waals surface area contributed by atoms with Gasteiger partial charge in [0.2, 0.25) is 0 Å². The third-order valence-electron chi connectivity index (χ3n) is 6.28. The first-order valence-electron chi connectivity index (χ1n) is 11.1. The Kier molecular flexibility index (Phi) is 7.49. The minimum absolute atomic E-state index is 0.0700. The number of carbonyl (C=O) groups excluding carboxylic acids is 1. The van der Waals surface area contributed by atoms with Gasteiger partial charge in [-0.3, -0.25) is 4.79 Å². The van der Waals surface area contributed by atoms with Crippen molar-refractivity contribution < 1.29 is 14.6 Å². The number of hydrogen-bond acceptors (Lipinski definition) is 3. The quantitative estimate of drug-likeness (QED) is 0.575.